The van der Waals surface area contributed by atoms with E-state index in [1.807, 2.05) is 48.5 Å². The average molecular weight is 490 g/mol. The smallest absolute Gasteiger partial charge is 0.259 e. The van der Waals surface area contributed by atoms with E-state index in [9.17, 15) is 14.4 Å². The van der Waals surface area contributed by atoms with E-state index in [0.717, 1.165) is 47.7 Å². The van der Waals surface area contributed by atoms with Crippen LogP contribution in [0, 0.1) is 0 Å². The van der Waals surface area contributed by atoms with Crippen LogP contribution in [0.5, 0.6) is 0 Å². The van der Waals surface area contributed by atoms with Gasteiger partial charge < -0.3 is 10.2 Å². The molecule has 1 saturated carbocycles. The topological polar surface area (TPSA) is 69.7 Å². The number of rotatable bonds is 7. The molecule has 0 spiro atoms. The minimum absolute atomic E-state index is 0.148. The number of carbonyl (C=O) groups is 3. The highest BCUT2D eigenvalue weighted by molar-refractivity contribution is 6.31. The first-order chi connectivity index (χ1) is 16.9. The average Bonchev–Trinajstić information content (AvgIpc) is 3.47. The van der Waals surface area contributed by atoms with Crippen molar-refractivity contribution in [1.82, 2.24) is 10.2 Å². The zero-order valence-electron chi connectivity index (χ0n) is 19.7. The lowest BCUT2D eigenvalue weighted by Gasteiger charge is -2.31. The summed E-state index contributed by atoms with van der Waals surface area (Å²) < 4.78 is 0. The summed E-state index contributed by atoms with van der Waals surface area (Å²) >= 11 is 6.40. The van der Waals surface area contributed by atoms with Crippen LogP contribution in [0.1, 0.15) is 48.5 Å². The fraction of sp³-hybridized carbons (Fsp3) is 0.321. The third-order valence-electron chi connectivity index (χ3n) is 7.11. The monoisotopic (exact) mass is 489 g/mol. The number of benzene rings is 3. The Hall–Kier alpha value is -3.38. The van der Waals surface area contributed by atoms with Crippen molar-refractivity contribution in [2.75, 3.05) is 11.4 Å². The highest BCUT2D eigenvalue weighted by Gasteiger charge is 2.35. The van der Waals surface area contributed by atoms with Crippen molar-refractivity contribution in [3.8, 4) is 0 Å². The molecule has 1 N–H and O–H groups in total. The normalized spacial score (nSPS) is 16.1. The number of hydrogen-bond acceptors (Lipinski definition) is 3. The second kappa shape index (κ2) is 9.70. The van der Waals surface area contributed by atoms with Crippen LogP contribution < -0.4 is 10.2 Å². The van der Waals surface area contributed by atoms with E-state index in [-0.39, 0.29) is 36.9 Å². The predicted molar refractivity (Wildman–Crippen MR) is 137 cm³/mol. The summed E-state index contributed by atoms with van der Waals surface area (Å²) in [4.78, 5) is 43.1. The summed E-state index contributed by atoms with van der Waals surface area (Å²) in [5.74, 6) is -0.696. The van der Waals surface area contributed by atoms with Gasteiger partial charge >= 0.3 is 0 Å². The van der Waals surface area contributed by atoms with Gasteiger partial charge in [0.05, 0.1) is 5.69 Å². The van der Waals surface area contributed by atoms with Gasteiger partial charge in [-0.15, -0.1) is 0 Å². The van der Waals surface area contributed by atoms with Gasteiger partial charge in [0, 0.05) is 28.6 Å². The fourth-order valence-corrected chi connectivity index (χ4v) is 5.34. The number of halogens is 1. The van der Waals surface area contributed by atoms with Crippen molar-refractivity contribution in [2.24, 2.45) is 0 Å². The first-order valence-corrected chi connectivity index (χ1v) is 12.5. The van der Waals surface area contributed by atoms with Gasteiger partial charge in [0.15, 0.2) is 0 Å². The number of nitrogens with zero attached hydrogens (tertiary/aromatic N) is 2. The molecule has 0 unspecified atom stereocenters. The summed E-state index contributed by atoms with van der Waals surface area (Å²) in [6.07, 6.45) is 4.12. The maximum absolute atomic E-state index is 13.7. The van der Waals surface area contributed by atoms with Crippen molar-refractivity contribution >= 4 is 45.8 Å². The minimum Gasteiger partial charge on any atom is -0.352 e. The van der Waals surface area contributed by atoms with Gasteiger partial charge in [-0.3, -0.25) is 19.3 Å². The van der Waals surface area contributed by atoms with Crippen molar-refractivity contribution in [1.29, 1.82) is 0 Å². The van der Waals surface area contributed by atoms with Crippen LogP contribution in [0.25, 0.3) is 10.8 Å². The molecule has 1 atom stereocenters. The summed E-state index contributed by atoms with van der Waals surface area (Å²) in [6.45, 7) is 1.76. The molecule has 7 heteroatoms. The second-order valence-corrected chi connectivity index (χ2v) is 9.76. The molecule has 1 fully saturated rings. The molecule has 0 radical (unpaired) electrons. The molecule has 1 aliphatic heterocycles. The lowest BCUT2D eigenvalue weighted by molar-refractivity contribution is -0.139. The Bertz CT molecular complexity index is 1300. The van der Waals surface area contributed by atoms with E-state index >= 15 is 0 Å². The van der Waals surface area contributed by atoms with Crippen molar-refractivity contribution in [2.45, 2.75) is 51.2 Å². The van der Waals surface area contributed by atoms with Crippen molar-refractivity contribution in [3.63, 3.8) is 0 Å². The van der Waals surface area contributed by atoms with Gasteiger partial charge in [0.1, 0.15) is 12.6 Å². The maximum atomic E-state index is 13.7. The molecular formula is C28H28ClN3O3. The Kier molecular flexibility index (Phi) is 6.48. The Morgan fingerprint density at radius 3 is 2.51 bits per heavy atom. The Morgan fingerprint density at radius 2 is 1.77 bits per heavy atom. The van der Waals surface area contributed by atoms with Gasteiger partial charge in [-0.05, 0) is 48.9 Å². The van der Waals surface area contributed by atoms with E-state index in [1.54, 1.807) is 19.1 Å². The van der Waals surface area contributed by atoms with E-state index in [2.05, 4.69) is 5.32 Å². The molecule has 0 bridgehead atoms. The molecular weight excluding hydrogens is 462 g/mol. The van der Waals surface area contributed by atoms with E-state index < -0.39 is 6.04 Å². The predicted octanol–water partition coefficient (Wildman–Crippen LogP) is 4.93. The number of nitrogens with one attached hydrogen (secondary N) is 1. The summed E-state index contributed by atoms with van der Waals surface area (Å²) in [7, 11) is 0. The molecule has 180 valence electrons. The molecule has 35 heavy (non-hydrogen) atoms. The molecule has 1 heterocycles. The lowest BCUT2D eigenvalue weighted by atomic mass is 10.1. The Balaban J connectivity index is 1.41. The van der Waals surface area contributed by atoms with Crippen LogP contribution in [-0.4, -0.2) is 41.2 Å². The third kappa shape index (κ3) is 4.50. The zero-order valence-corrected chi connectivity index (χ0v) is 20.4. The van der Waals surface area contributed by atoms with Gasteiger partial charge in [0.25, 0.3) is 5.91 Å². The highest BCUT2D eigenvalue weighted by Crippen LogP contribution is 2.37. The van der Waals surface area contributed by atoms with Crippen LogP contribution in [0.2, 0.25) is 5.02 Å². The molecule has 1 aliphatic carbocycles. The van der Waals surface area contributed by atoms with Crippen molar-refractivity contribution in [3.05, 3.63) is 76.8 Å². The van der Waals surface area contributed by atoms with E-state index in [4.69, 9.17) is 11.6 Å². The summed E-state index contributed by atoms with van der Waals surface area (Å²) in [5.41, 5.74) is 2.06. The summed E-state index contributed by atoms with van der Waals surface area (Å²) in [5, 5.41) is 5.45. The lowest BCUT2D eigenvalue weighted by Crippen LogP contribution is -2.52. The molecule has 2 aliphatic rings. The van der Waals surface area contributed by atoms with Crippen molar-refractivity contribution < 1.29 is 14.4 Å². The fourth-order valence-electron chi connectivity index (χ4n) is 5.15. The molecule has 0 aromatic heterocycles. The second-order valence-electron chi connectivity index (χ2n) is 9.35. The first kappa shape index (κ1) is 23.4. The maximum Gasteiger partial charge on any atom is 0.259 e. The molecule has 3 amide bonds. The molecule has 3 aromatic carbocycles. The number of anilines is 1. The van der Waals surface area contributed by atoms with E-state index in [0.29, 0.717) is 10.6 Å². The Morgan fingerprint density at radius 1 is 1.06 bits per heavy atom. The van der Waals surface area contributed by atoms with Gasteiger partial charge in [-0.1, -0.05) is 66.9 Å². The van der Waals surface area contributed by atoms with Crippen LogP contribution in [0.4, 0.5) is 5.69 Å². The quantitative estimate of drug-likeness (QED) is 0.511. The SMILES string of the molecule is C[C@@H](C(=O)NC1CCCC1)N(Cc1ccccc1Cl)C(=O)CN1C(=O)c2cccc3cccc1c23. The van der Waals surface area contributed by atoms with Crippen LogP contribution in [0.3, 0.4) is 0 Å². The molecule has 3 aromatic rings. The zero-order chi connectivity index (χ0) is 24.5. The first-order valence-electron chi connectivity index (χ1n) is 12.1. The van der Waals surface area contributed by atoms with Gasteiger partial charge in [-0.25, -0.2) is 0 Å². The van der Waals surface area contributed by atoms with Gasteiger partial charge in [0.2, 0.25) is 11.8 Å². The van der Waals surface area contributed by atoms with Gasteiger partial charge in [-0.2, -0.15) is 0 Å². The highest BCUT2D eigenvalue weighted by atomic mass is 35.5. The van der Waals surface area contributed by atoms with Crippen LogP contribution in [0.15, 0.2) is 60.7 Å². The molecule has 5 rings (SSSR count). The van der Waals surface area contributed by atoms with Crippen LogP contribution >= 0.6 is 11.6 Å². The molecule has 6 nitrogen and oxygen atoms in total. The Labute approximate surface area is 209 Å². The van der Waals surface area contributed by atoms with E-state index in [1.165, 1.54) is 9.80 Å². The van der Waals surface area contributed by atoms with Crippen LogP contribution in [-0.2, 0) is 16.1 Å². The number of hydrogen-bond donors (Lipinski definition) is 1. The third-order valence-corrected chi connectivity index (χ3v) is 7.48. The minimum atomic E-state index is -0.713. The largest absolute Gasteiger partial charge is 0.352 e. The number of amides is 3. The standard InChI is InChI=1S/C28H28ClN3O3/c1-18(27(34)30-21-11-3-4-12-21)31(16-20-8-2-5-14-23(20)29)25(33)17-32-24-15-7-10-19-9-6-13-22(26(19)24)28(32)35/h2,5-10,13-15,18,21H,3-4,11-12,16-17H2,1H3,(H,30,34)/t18-/m0/s1. The number of carbonyl (C=O) groups excluding carboxylic acids is 3. The molecule has 0 saturated heterocycles. The summed E-state index contributed by atoms with van der Waals surface area (Å²) in [6, 6.07) is 18.0.